The number of carbonyl (C=O) groups is 1. The van der Waals surface area contributed by atoms with Gasteiger partial charge in [0.1, 0.15) is 11.6 Å². The van der Waals surface area contributed by atoms with Gasteiger partial charge in [-0.05, 0) is 43.2 Å². The van der Waals surface area contributed by atoms with E-state index in [1.807, 2.05) is 0 Å². The molecular weight excluding hydrogens is 273 g/mol. The zero-order valence-corrected chi connectivity index (χ0v) is 12.0. The van der Waals surface area contributed by atoms with Gasteiger partial charge in [-0.3, -0.25) is 9.69 Å². The molecular formula is C15H15FN3O2-. The molecule has 0 aliphatic carbocycles. The van der Waals surface area contributed by atoms with E-state index in [0.29, 0.717) is 28.3 Å². The highest BCUT2D eigenvalue weighted by atomic mass is 19.1. The van der Waals surface area contributed by atoms with Crippen LogP contribution in [0.5, 0.6) is 0 Å². The minimum absolute atomic E-state index is 0.278. The van der Waals surface area contributed by atoms with E-state index in [-0.39, 0.29) is 11.7 Å². The van der Waals surface area contributed by atoms with Crippen molar-refractivity contribution >= 4 is 23.1 Å². The van der Waals surface area contributed by atoms with Crippen LogP contribution in [0.4, 0.5) is 21.6 Å². The number of hydrogen-bond donors (Lipinski definition) is 1. The Labute approximate surface area is 122 Å². The van der Waals surface area contributed by atoms with Gasteiger partial charge in [0, 0.05) is 24.9 Å². The lowest BCUT2D eigenvalue weighted by atomic mass is 10.1. The molecule has 2 rings (SSSR count). The molecule has 1 N–H and O–H groups in total. The molecule has 0 unspecified atom stereocenters. The molecule has 1 aromatic carbocycles. The summed E-state index contributed by atoms with van der Waals surface area (Å²) in [6.45, 7) is 4.77. The van der Waals surface area contributed by atoms with Gasteiger partial charge in [0.25, 0.3) is 0 Å². The van der Waals surface area contributed by atoms with Gasteiger partial charge in [0.15, 0.2) is 0 Å². The number of carbonyl (C=O) groups excluding carboxylic acids is 1. The van der Waals surface area contributed by atoms with E-state index in [1.54, 1.807) is 19.3 Å². The third-order valence-corrected chi connectivity index (χ3v) is 3.34. The Kier molecular flexibility index (Phi) is 4.18. The lowest BCUT2D eigenvalue weighted by Gasteiger charge is -2.24. The average Bonchev–Trinajstić information content (AvgIpc) is 2.47. The van der Waals surface area contributed by atoms with Crippen LogP contribution in [0.3, 0.4) is 0 Å². The molecule has 0 bridgehead atoms. The summed E-state index contributed by atoms with van der Waals surface area (Å²) in [4.78, 5) is 17.4. The Morgan fingerprint density at radius 3 is 2.62 bits per heavy atom. The fraction of sp³-hybridized carbons (Fsp3) is 0.200. The second-order valence-corrected chi connectivity index (χ2v) is 4.68. The topological polar surface area (TPSA) is 68.3 Å². The van der Waals surface area contributed by atoms with Crippen molar-refractivity contribution in [3.8, 4) is 0 Å². The van der Waals surface area contributed by atoms with Crippen LogP contribution in [0.25, 0.3) is 0 Å². The predicted molar refractivity (Wildman–Crippen MR) is 79.9 cm³/mol. The first kappa shape index (κ1) is 14.9. The molecule has 0 aliphatic heterocycles. The Balaban J connectivity index is 2.59. The molecule has 21 heavy (non-hydrogen) atoms. The van der Waals surface area contributed by atoms with Crippen LogP contribution in [0, 0.1) is 24.9 Å². The molecule has 110 valence electrons. The molecule has 1 amide bonds. The van der Waals surface area contributed by atoms with E-state index in [1.165, 1.54) is 42.3 Å². The SMILES string of the molecule is CC(=O)N(c1cc(N[O-])ccn1)c1ccc(F)c(C)c1C. The molecule has 0 saturated carbocycles. The van der Waals surface area contributed by atoms with Crippen molar-refractivity contribution in [3.63, 3.8) is 0 Å². The van der Waals surface area contributed by atoms with Crippen molar-refractivity contribution < 1.29 is 9.18 Å². The number of amides is 1. The Hall–Kier alpha value is -2.47. The number of aromatic nitrogens is 1. The summed E-state index contributed by atoms with van der Waals surface area (Å²) >= 11 is 0. The normalized spacial score (nSPS) is 10.3. The number of anilines is 3. The summed E-state index contributed by atoms with van der Waals surface area (Å²) < 4.78 is 13.6. The zero-order chi connectivity index (χ0) is 15.6. The van der Waals surface area contributed by atoms with E-state index in [4.69, 9.17) is 0 Å². The maximum absolute atomic E-state index is 13.6. The van der Waals surface area contributed by atoms with Crippen LogP contribution >= 0.6 is 0 Å². The molecule has 0 fully saturated rings. The minimum atomic E-state index is -0.331. The van der Waals surface area contributed by atoms with Gasteiger partial charge in [-0.1, -0.05) is 0 Å². The third-order valence-electron chi connectivity index (χ3n) is 3.34. The predicted octanol–water partition coefficient (Wildman–Crippen LogP) is 3.43. The molecule has 5 nitrogen and oxygen atoms in total. The number of rotatable bonds is 3. The fourth-order valence-electron chi connectivity index (χ4n) is 2.07. The summed E-state index contributed by atoms with van der Waals surface area (Å²) in [6, 6.07) is 5.80. The Bertz CT molecular complexity index is 689. The fourth-order valence-corrected chi connectivity index (χ4v) is 2.07. The van der Waals surface area contributed by atoms with Gasteiger partial charge in [-0.25, -0.2) is 9.37 Å². The molecule has 2 aromatic rings. The lowest BCUT2D eigenvalue weighted by Crippen LogP contribution is -2.25. The molecule has 6 heteroatoms. The van der Waals surface area contributed by atoms with Crippen molar-refractivity contribution in [1.82, 2.24) is 4.98 Å². The van der Waals surface area contributed by atoms with Crippen molar-refractivity contribution in [2.45, 2.75) is 20.8 Å². The minimum Gasteiger partial charge on any atom is -0.761 e. The summed E-state index contributed by atoms with van der Waals surface area (Å²) in [5.41, 5.74) is 3.71. The Morgan fingerprint density at radius 1 is 1.29 bits per heavy atom. The molecule has 1 heterocycles. The third kappa shape index (κ3) is 2.85. The van der Waals surface area contributed by atoms with Crippen molar-refractivity contribution in [1.29, 1.82) is 0 Å². The highest BCUT2D eigenvalue weighted by Gasteiger charge is 2.19. The second-order valence-electron chi connectivity index (χ2n) is 4.68. The molecule has 0 saturated heterocycles. The first-order valence-electron chi connectivity index (χ1n) is 6.36. The van der Waals surface area contributed by atoms with Gasteiger partial charge >= 0.3 is 0 Å². The average molecular weight is 288 g/mol. The van der Waals surface area contributed by atoms with E-state index in [9.17, 15) is 14.4 Å². The standard InChI is InChI=1S/C15H15FN3O2/c1-9-10(2)14(5-4-13(9)16)19(11(3)20)15-8-12(18-21)6-7-17-15/h4-8H,1-3H3,(H-,17,18,21)/q-1. The molecule has 1 aromatic heterocycles. The molecule has 0 aliphatic rings. The van der Waals surface area contributed by atoms with Gasteiger partial charge < -0.3 is 10.7 Å². The van der Waals surface area contributed by atoms with Gasteiger partial charge in [-0.2, -0.15) is 0 Å². The van der Waals surface area contributed by atoms with Crippen LogP contribution < -0.4 is 10.4 Å². The largest absolute Gasteiger partial charge is 0.761 e. The molecule has 0 radical (unpaired) electrons. The van der Waals surface area contributed by atoms with E-state index in [0.717, 1.165) is 0 Å². The van der Waals surface area contributed by atoms with E-state index < -0.39 is 0 Å². The summed E-state index contributed by atoms with van der Waals surface area (Å²) in [5.74, 6) is -0.306. The number of hydrogen-bond acceptors (Lipinski definition) is 4. The summed E-state index contributed by atoms with van der Waals surface area (Å²) in [5, 5.41) is 10.7. The Morgan fingerprint density at radius 2 is 2.00 bits per heavy atom. The number of benzene rings is 1. The number of halogens is 1. The van der Waals surface area contributed by atoms with Crippen LogP contribution in [-0.2, 0) is 4.79 Å². The maximum atomic E-state index is 13.6. The summed E-state index contributed by atoms with van der Waals surface area (Å²) in [7, 11) is 0. The summed E-state index contributed by atoms with van der Waals surface area (Å²) in [6.07, 6.45) is 1.43. The first-order chi connectivity index (χ1) is 9.95. The van der Waals surface area contributed by atoms with Crippen molar-refractivity contribution in [3.05, 3.63) is 52.6 Å². The number of nitrogens with zero attached hydrogens (tertiary/aromatic N) is 2. The number of nitrogens with one attached hydrogen (secondary N) is 1. The van der Waals surface area contributed by atoms with Crippen molar-refractivity contribution in [2.24, 2.45) is 0 Å². The first-order valence-corrected chi connectivity index (χ1v) is 6.36. The zero-order valence-electron chi connectivity index (χ0n) is 12.0. The smallest absolute Gasteiger partial charge is 0.229 e. The van der Waals surface area contributed by atoms with Gasteiger partial charge in [-0.15, -0.1) is 0 Å². The van der Waals surface area contributed by atoms with Crippen LogP contribution in [0.15, 0.2) is 30.5 Å². The molecule has 0 atom stereocenters. The maximum Gasteiger partial charge on any atom is 0.229 e. The van der Waals surface area contributed by atoms with Gasteiger partial charge in [0.05, 0.1) is 5.69 Å². The van der Waals surface area contributed by atoms with Crippen LogP contribution in [-0.4, -0.2) is 10.9 Å². The quantitative estimate of drug-likeness (QED) is 0.878. The van der Waals surface area contributed by atoms with Crippen molar-refractivity contribution in [2.75, 3.05) is 10.4 Å². The highest BCUT2D eigenvalue weighted by Crippen LogP contribution is 2.31. The lowest BCUT2D eigenvalue weighted by molar-refractivity contribution is -0.115. The van der Waals surface area contributed by atoms with E-state index >= 15 is 0 Å². The van der Waals surface area contributed by atoms with E-state index in [2.05, 4.69) is 4.98 Å². The van der Waals surface area contributed by atoms with Crippen LogP contribution in [0.1, 0.15) is 18.1 Å². The van der Waals surface area contributed by atoms with Crippen LogP contribution in [0.2, 0.25) is 0 Å². The highest BCUT2D eigenvalue weighted by molar-refractivity contribution is 5.99. The molecule has 0 spiro atoms. The van der Waals surface area contributed by atoms with Gasteiger partial charge in [0.2, 0.25) is 5.91 Å². The monoisotopic (exact) mass is 288 g/mol. The second kappa shape index (κ2) is 5.88. The number of pyridine rings is 1.